The van der Waals surface area contributed by atoms with Gasteiger partial charge in [-0.3, -0.25) is 0 Å². The van der Waals surface area contributed by atoms with Gasteiger partial charge in [-0.25, -0.2) is 0 Å². The lowest BCUT2D eigenvalue weighted by Crippen LogP contribution is -2.49. The van der Waals surface area contributed by atoms with Crippen molar-refractivity contribution in [2.24, 2.45) is 0 Å². The predicted octanol–water partition coefficient (Wildman–Crippen LogP) is 1.69. The van der Waals surface area contributed by atoms with E-state index in [0.29, 0.717) is 6.54 Å². The molecular formula is C12H18N2O. The molecule has 82 valence electrons. The van der Waals surface area contributed by atoms with Crippen molar-refractivity contribution in [1.29, 1.82) is 0 Å². The maximum absolute atomic E-state index is 9.05. The summed E-state index contributed by atoms with van der Waals surface area (Å²) in [4.78, 5) is 2.23. The molecule has 2 N–H and O–H groups in total. The molecule has 0 radical (unpaired) electrons. The Morgan fingerprint density at radius 1 is 1.40 bits per heavy atom. The van der Waals surface area contributed by atoms with Gasteiger partial charge in [0.2, 0.25) is 0 Å². The Morgan fingerprint density at radius 2 is 2.13 bits per heavy atom. The predicted molar refractivity (Wildman–Crippen MR) is 63.4 cm³/mol. The SMILES string of the molecule is CC1(C)CN(CCO)c2ccccc2N1. The van der Waals surface area contributed by atoms with Crippen LogP contribution in [0.25, 0.3) is 0 Å². The average Bonchev–Trinajstić information content (AvgIpc) is 2.16. The van der Waals surface area contributed by atoms with Gasteiger partial charge in [-0.05, 0) is 26.0 Å². The van der Waals surface area contributed by atoms with E-state index in [4.69, 9.17) is 5.11 Å². The Labute approximate surface area is 90.7 Å². The molecule has 0 aromatic heterocycles. The van der Waals surface area contributed by atoms with Gasteiger partial charge in [0.05, 0.1) is 18.0 Å². The maximum Gasteiger partial charge on any atom is 0.0606 e. The summed E-state index contributed by atoms with van der Waals surface area (Å²) in [6, 6.07) is 8.24. The van der Waals surface area contributed by atoms with Crippen molar-refractivity contribution < 1.29 is 5.11 Å². The van der Waals surface area contributed by atoms with Gasteiger partial charge in [-0.15, -0.1) is 0 Å². The van der Waals surface area contributed by atoms with Crippen molar-refractivity contribution in [3.63, 3.8) is 0 Å². The minimum Gasteiger partial charge on any atom is -0.395 e. The highest BCUT2D eigenvalue weighted by Gasteiger charge is 2.28. The van der Waals surface area contributed by atoms with Gasteiger partial charge in [-0.1, -0.05) is 12.1 Å². The zero-order valence-corrected chi connectivity index (χ0v) is 9.33. The van der Waals surface area contributed by atoms with Crippen LogP contribution in [0.15, 0.2) is 24.3 Å². The van der Waals surface area contributed by atoms with E-state index in [2.05, 4.69) is 36.2 Å². The number of benzene rings is 1. The molecule has 0 unspecified atom stereocenters. The molecular weight excluding hydrogens is 188 g/mol. The third-order valence-corrected chi connectivity index (χ3v) is 2.67. The molecule has 0 aliphatic carbocycles. The highest BCUT2D eigenvalue weighted by atomic mass is 16.3. The Hall–Kier alpha value is -1.22. The summed E-state index contributed by atoms with van der Waals surface area (Å²) in [5, 5.41) is 12.6. The third-order valence-electron chi connectivity index (χ3n) is 2.67. The number of hydrogen-bond acceptors (Lipinski definition) is 3. The van der Waals surface area contributed by atoms with E-state index in [1.807, 2.05) is 12.1 Å². The number of anilines is 2. The molecule has 0 atom stereocenters. The monoisotopic (exact) mass is 206 g/mol. The molecule has 3 nitrogen and oxygen atoms in total. The highest BCUT2D eigenvalue weighted by Crippen LogP contribution is 2.33. The molecule has 0 spiro atoms. The van der Waals surface area contributed by atoms with Crippen LogP contribution in [0.4, 0.5) is 11.4 Å². The number of aliphatic hydroxyl groups is 1. The van der Waals surface area contributed by atoms with Crippen LogP contribution in [0.5, 0.6) is 0 Å². The Morgan fingerprint density at radius 3 is 2.87 bits per heavy atom. The van der Waals surface area contributed by atoms with Crippen molar-refractivity contribution >= 4 is 11.4 Å². The molecule has 0 amide bonds. The summed E-state index contributed by atoms with van der Waals surface area (Å²) in [5.41, 5.74) is 2.40. The van der Waals surface area contributed by atoms with Crippen LogP contribution in [0.2, 0.25) is 0 Å². The van der Waals surface area contributed by atoms with Crippen molar-refractivity contribution in [2.75, 3.05) is 29.9 Å². The van der Waals surface area contributed by atoms with E-state index in [0.717, 1.165) is 12.2 Å². The first-order chi connectivity index (χ1) is 7.12. The highest BCUT2D eigenvalue weighted by molar-refractivity contribution is 5.73. The van der Waals surface area contributed by atoms with E-state index in [1.165, 1.54) is 5.69 Å². The summed E-state index contributed by atoms with van der Waals surface area (Å²) < 4.78 is 0. The molecule has 0 fully saturated rings. The second-order valence-corrected chi connectivity index (χ2v) is 4.67. The van der Waals surface area contributed by atoms with Crippen molar-refractivity contribution in [3.8, 4) is 0 Å². The van der Waals surface area contributed by atoms with E-state index in [9.17, 15) is 0 Å². The van der Waals surface area contributed by atoms with Crippen LogP contribution >= 0.6 is 0 Å². The molecule has 3 heteroatoms. The summed E-state index contributed by atoms with van der Waals surface area (Å²) in [6.07, 6.45) is 0. The van der Waals surface area contributed by atoms with Gasteiger partial charge in [0.25, 0.3) is 0 Å². The first-order valence-corrected chi connectivity index (χ1v) is 5.35. The largest absolute Gasteiger partial charge is 0.395 e. The van der Waals surface area contributed by atoms with Crippen LogP contribution in [0, 0.1) is 0 Å². The van der Waals surface area contributed by atoms with Crippen LogP contribution in [-0.2, 0) is 0 Å². The first-order valence-electron chi connectivity index (χ1n) is 5.35. The van der Waals surface area contributed by atoms with Gasteiger partial charge >= 0.3 is 0 Å². The molecule has 15 heavy (non-hydrogen) atoms. The van der Waals surface area contributed by atoms with Crippen molar-refractivity contribution in [3.05, 3.63) is 24.3 Å². The number of rotatable bonds is 2. The van der Waals surface area contributed by atoms with Crippen LogP contribution in [0.3, 0.4) is 0 Å². The number of fused-ring (bicyclic) bond motifs is 1. The third kappa shape index (κ3) is 2.07. The zero-order valence-electron chi connectivity index (χ0n) is 9.33. The smallest absolute Gasteiger partial charge is 0.0606 e. The Balaban J connectivity index is 2.34. The summed E-state index contributed by atoms with van der Waals surface area (Å²) in [7, 11) is 0. The number of nitrogens with one attached hydrogen (secondary N) is 1. The van der Waals surface area contributed by atoms with E-state index in [-0.39, 0.29) is 12.1 Å². The fourth-order valence-corrected chi connectivity index (χ4v) is 2.14. The Bertz CT molecular complexity index is 349. The van der Waals surface area contributed by atoms with Crippen molar-refractivity contribution in [2.45, 2.75) is 19.4 Å². The topological polar surface area (TPSA) is 35.5 Å². The minimum absolute atomic E-state index is 0.0591. The second kappa shape index (κ2) is 3.74. The molecule has 1 aromatic carbocycles. The summed E-state index contributed by atoms with van der Waals surface area (Å²) in [5.74, 6) is 0. The quantitative estimate of drug-likeness (QED) is 0.773. The van der Waals surface area contributed by atoms with E-state index < -0.39 is 0 Å². The maximum atomic E-state index is 9.05. The number of β-amino-alcohol motifs (C(OH)–C–C–N with tert-alkyl or cyclic N) is 1. The molecule has 1 heterocycles. The fraction of sp³-hybridized carbons (Fsp3) is 0.500. The Kier molecular flexibility index (Phi) is 2.57. The van der Waals surface area contributed by atoms with Gasteiger partial charge in [0, 0.05) is 18.6 Å². The summed E-state index contributed by atoms with van der Waals surface area (Å²) >= 11 is 0. The lowest BCUT2D eigenvalue weighted by Gasteiger charge is -2.41. The summed E-state index contributed by atoms with van der Waals surface area (Å²) in [6.45, 7) is 6.16. The standard InChI is InChI=1S/C12H18N2O/c1-12(2)9-14(7-8-15)11-6-4-3-5-10(11)13-12/h3-6,13,15H,7-9H2,1-2H3. The molecule has 0 saturated carbocycles. The number of aliphatic hydroxyl groups excluding tert-OH is 1. The van der Waals surface area contributed by atoms with Gasteiger partial charge in [0.1, 0.15) is 0 Å². The number of para-hydroxylation sites is 2. The lowest BCUT2D eigenvalue weighted by atomic mass is 9.99. The van der Waals surface area contributed by atoms with Gasteiger partial charge < -0.3 is 15.3 Å². The average molecular weight is 206 g/mol. The molecule has 1 aliphatic rings. The van der Waals surface area contributed by atoms with Crippen LogP contribution in [-0.4, -0.2) is 30.3 Å². The van der Waals surface area contributed by atoms with Crippen LogP contribution in [0.1, 0.15) is 13.8 Å². The van der Waals surface area contributed by atoms with Gasteiger partial charge in [0.15, 0.2) is 0 Å². The molecule has 1 aliphatic heterocycles. The normalized spacial score (nSPS) is 18.2. The van der Waals surface area contributed by atoms with E-state index in [1.54, 1.807) is 0 Å². The molecule has 0 bridgehead atoms. The van der Waals surface area contributed by atoms with Crippen LogP contribution < -0.4 is 10.2 Å². The number of hydrogen-bond donors (Lipinski definition) is 2. The zero-order chi connectivity index (χ0) is 10.9. The van der Waals surface area contributed by atoms with Gasteiger partial charge in [-0.2, -0.15) is 0 Å². The fourth-order valence-electron chi connectivity index (χ4n) is 2.14. The first kappa shape index (κ1) is 10.3. The van der Waals surface area contributed by atoms with E-state index >= 15 is 0 Å². The number of nitrogens with zero attached hydrogens (tertiary/aromatic N) is 1. The molecule has 0 saturated heterocycles. The second-order valence-electron chi connectivity index (χ2n) is 4.67. The lowest BCUT2D eigenvalue weighted by molar-refractivity contribution is 0.298. The molecule has 2 rings (SSSR count). The molecule has 1 aromatic rings. The van der Waals surface area contributed by atoms with Crippen molar-refractivity contribution in [1.82, 2.24) is 0 Å². The minimum atomic E-state index is 0.0591.